The number of hydrogen-bond donors (Lipinski definition) is 1. The number of hydrogen-bond acceptors (Lipinski definition) is 6. The SMILES string of the molecule is CC(OC(=O)C1CCN(S(=O)(=O)c2ccc(Cl)cc2)CC1)C(=O)Nc1ccnn1C(C)C. The molecule has 1 aromatic carbocycles. The summed E-state index contributed by atoms with van der Waals surface area (Å²) in [6.45, 7) is 5.76. The summed E-state index contributed by atoms with van der Waals surface area (Å²) in [7, 11) is -3.65. The van der Waals surface area contributed by atoms with Gasteiger partial charge in [0.2, 0.25) is 10.0 Å². The van der Waals surface area contributed by atoms with Crippen LogP contribution in [0, 0.1) is 5.92 Å². The summed E-state index contributed by atoms with van der Waals surface area (Å²) in [5.41, 5.74) is 0. The molecule has 1 amide bonds. The molecule has 0 aliphatic carbocycles. The van der Waals surface area contributed by atoms with Crippen molar-refractivity contribution in [3.63, 3.8) is 0 Å². The highest BCUT2D eigenvalue weighted by molar-refractivity contribution is 7.89. The maximum atomic E-state index is 12.8. The molecule has 1 aliphatic rings. The van der Waals surface area contributed by atoms with E-state index >= 15 is 0 Å². The van der Waals surface area contributed by atoms with Crippen molar-refractivity contribution in [1.29, 1.82) is 0 Å². The number of aromatic nitrogens is 2. The summed E-state index contributed by atoms with van der Waals surface area (Å²) in [5, 5.41) is 7.32. The number of piperidine rings is 1. The summed E-state index contributed by atoms with van der Waals surface area (Å²) in [4.78, 5) is 25.2. The zero-order valence-electron chi connectivity index (χ0n) is 18.2. The third-order valence-electron chi connectivity index (χ3n) is 5.31. The van der Waals surface area contributed by atoms with E-state index < -0.39 is 33.9 Å². The Hall–Kier alpha value is -2.43. The van der Waals surface area contributed by atoms with Crippen molar-refractivity contribution in [2.45, 2.75) is 50.7 Å². The van der Waals surface area contributed by atoms with Gasteiger partial charge >= 0.3 is 5.97 Å². The number of benzene rings is 1. The molecule has 1 saturated heterocycles. The minimum Gasteiger partial charge on any atom is -0.452 e. The normalized spacial score (nSPS) is 16.7. The number of nitrogens with one attached hydrogen (secondary N) is 1. The fraction of sp³-hybridized carbons (Fsp3) is 0.476. The molecule has 1 aromatic heterocycles. The quantitative estimate of drug-likeness (QED) is 0.607. The van der Waals surface area contributed by atoms with E-state index in [2.05, 4.69) is 10.4 Å². The number of halogens is 1. The van der Waals surface area contributed by atoms with Crippen molar-refractivity contribution in [1.82, 2.24) is 14.1 Å². The molecule has 0 spiro atoms. The first-order chi connectivity index (χ1) is 15.1. The molecule has 11 heteroatoms. The second kappa shape index (κ2) is 10.0. The predicted molar refractivity (Wildman–Crippen MR) is 120 cm³/mol. The lowest BCUT2D eigenvalue weighted by Crippen LogP contribution is -2.41. The third-order valence-corrected chi connectivity index (χ3v) is 7.48. The molecular formula is C21H27ClN4O5S. The molecule has 32 heavy (non-hydrogen) atoms. The number of carbonyl (C=O) groups excluding carboxylic acids is 2. The minimum absolute atomic E-state index is 0.0625. The van der Waals surface area contributed by atoms with Crippen molar-refractivity contribution in [2.24, 2.45) is 5.92 Å². The zero-order valence-corrected chi connectivity index (χ0v) is 19.8. The third kappa shape index (κ3) is 5.48. The highest BCUT2D eigenvalue weighted by Gasteiger charge is 2.34. The van der Waals surface area contributed by atoms with E-state index in [1.165, 1.54) is 35.5 Å². The van der Waals surface area contributed by atoms with E-state index in [0.717, 1.165) is 0 Å². The Morgan fingerprint density at radius 2 is 1.75 bits per heavy atom. The molecule has 1 atom stereocenters. The smallest absolute Gasteiger partial charge is 0.309 e. The van der Waals surface area contributed by atoms with E-state index in [1.54, 1.807) is 16.9 Å². The van der Waals surface area contributed by atoms with Gasteiger partial charge in [-0.2, -0.15) is 9.40 Å². The van der Waals surface area contributed by atoms with Gasteiger partial charge in [-0.25, -0.2) is 13.1 Å². The molecule has 174 valence electrons. The van der Waals surface area contributed by atoms with Gasteiger partial charge in [-0.05, 0) is 57.9 Å². The number of anilines is 1. The number of rotatable bonds is 7. The number of ether oxygens (including phenoxy) is 1. The molecule has 2 heterocycles. The van der Waals surface area contributed by atoms with Crippen LogP contribution in [0.4, 0.5) is 5.82 Å². The van der Waals surface area contributed by atoms with Crippen molar-refractivity contribution >= 4 is 39.3 Å². The Morgan fingerprint density at radius 1 is 1.12 bits per heavy atom. The summed E-state index contributed by atoms with van der Waals surface area (Å²) >= 11 is 5.83. The monoisotopic (exact) mass is 482 g/mol. The first kappa shape index (κ1) is 24.2. The molecule has 9 nitrogen and oxygen atoms in total. The largest absolute Gasteiger partial charge is 0.452 e. The first-order valence-electron chi connectivity index (χ1n) is 10.4. The Bertz CT molecular complexity index is 1060. The lowest BCUT2D eigenvalue weighted by Gasteiger charge is -2.30. The molecule has 3 rings (SSSR count). The summed E-state index contributed by atoms with van der Waals surface area (Å²) in [6, 6.07) is 7.71. The van der Waals surface area contributed by atoms with Crippen LogP contribution in [0.1, 0.15) is 39.7 Å². The predicted octanol–water partition coefficient (Wildman–Crippen LogP) is 3.09. The minimum atomic E-state index is -3.65. The number of esters is 1. The standard InChI is InChI=1S/C21H27ClN4O5S/c1-14(2)26-19(8-11-23-26)24-20(27)15(3)31-21(28)16-9-12-25(13-10-16)32(29,30)18-6-4-17(22)5-7-18/h4-8,11,14-16H,9-10,12-13H2,1-3H3,(H,24,27). The fourth-order valence-corrected chi connectivity index (χ4v) is 5.06. The van der Waals surface area contributed by atoms with Crippen LogP contribution in [0.2, 0.25) is 5.02 Å². The lowest BCUT2D eigenvalue weighted by atomic mass is 9.98. The van der Waals surface area contributed by atoms with Gasteiger partial charge in [0.05, 0.1) is 17.0 Å². The molecule has 1 unspecified atom stereocenters. The van der Waals surface area contributed by atoms with Gasteiger partial charge in [0.15, 0.2) is 6.10 Å². The lowest BCUT2D eigenvalue weighted by molar-refractivity contribution is -0.158. The van der Waals surface area contributed by atoms with E-state index in [1.807, 2.05) is 13.8 Å². The summed E-state index contributed by atoms with van der Waals surface area (Å²) in [6.07, 6.45) is 1.23. The summed E-state index contributed by atoms with van der Waals surface area (Å²) < 4.78 is 33.9. The van der Waals surface area contributed by atoms with E-state index in [4.69, 9.17) is 16.3 Å². The average molecular weight is 483 g/mol. The Labute approximate surface area is 192 Å². The second-order valence-corrected chi connectivity index (χ2v) is 10.3. The van der Waals surface area contributed by atoms with Crippen LogP contribution in [-0.2, 0) is 24.3 Å². The molecule has 0 bridgehead atoms. The Kier molecular flexibility index (Phi) is 7.58. The number of amides is 1. The molecule has 1 aliphatic heterocycles. The molecule has 1 fully saturated rings. The Balaban J connectivity index is 1.53. The molecular weight excluding hydrogens is 456 g/mol. The van der Waals surface area contributed by atoms with Crippen LogP contribution in [-0.4, -0.2) is 53.6 Å². The van der Waals surface area contributed by atoms with Crippen molar-refractivity contribution in [3.8, 4) is 0 Å². The number of carbonyl (C=O) groups is 2. The maximum absolute atomic E-state index is 12.8. The van der Waals surface area contributed by atoms with Crippen LogP contribution in [0.3, 0.4) is 0 Å². The van der Waals surface area contributed by atoms with Crippen molar-refractivity contribution in [2.75, 3.05) is 18.4 Å². The van der Waals surface area contributed by atoms with E-state index in [-0.39, 0.29) is 24.0 Å². The van der Waals surface area contributed by atoms with Crippen LogP contribution >= 0.6 is 11.6 Å². The average Bonchev–Trinajstić information content (AvgIpc) is 3.22. The highest BCUT2D eigenvalue weighted by Crippen LogP contribution is 2.26. The van der Waals surface area contributed by atoms with Gasteiger partial charge in [-0.15, -0.1) is 0 Å². The zero-order chi connectivity index (χ0) is 23.5. The molecule has 0 radical (unpaired) electrons. The van der Waals surface area contributed by atoms with Crippen LogP contribution in [0.25, 0.3) is 0 Å². The molecule has 2 aromatic rings. The molecule has 1 N–H and O–H groups in total. The summed E-state index contributed by atoms with van der Waals surface area (Å²) in [5.74, 6) is -0.909. The fourth-order valence-electron chi connectivity index (χ4n) is 3.46. The number of nitrogens with zero attached hydrogens (tertiary/aromatic N) is 3. The highest BCUT2D eigenvalue weighted by atomic mass is 35.5. The topological polar surface area (TPSA) is 111 Å². The van der Waals surface area contributed by atoms with Crippen LogP contribution in [0.5, 0.6) is 0 Å². The van der Waals surface area contributed by atoms with Crippen LogP contribution in [0.15, 0.2) is 41.4 Å². The molecule has 0 saturated carbocycles. The Morgan fingerprint density at radius 3 is 2.34 bits per heavy atom. The van der Waals surface area contributed by atoms with Crippen molar-refractivity contribution < 1.29 is 22.7 Å². The first-order valence-corrected chi connectivity index (χ1v) is 12.2. The number of sulfonamides is 1. The van der Waals surface area contributed by atoms with Gasteiger partial charge in [-0.1, -0.05) is 11.6 Å². The van der Waals surface area contributed by atoms with Crippen molar-refractivity contribution in [3.05, 3.63) is 41.6 Å². The van der Waals surface area contributed by atoms with Gasteiger partial charge in [0.25, 0.3) is 5.91 Å². The van der Waals surface area contributed by atoms with E-state index in [0.29, 0.717) is 23.7 Å². The maximum Gasteiger partial charge on any atom is 0.309 e. The van der Waals surface area contributed by atoms with Gasteiger partial charge in [-0.3, -0.25) is 9.59 Å². The van der Waals surface area contributed by atoms with E-state index in [9.17, 15) is 18.0 Å². The van der Waals surface area contributed by atoms with Gasteiger partial charge in [0, 0.05) is 30.2 Å². The van der Waals surface area contributed by atoms with Gasteiger partial charge < -0.3 is 10.1 Å². The van der Waals surface area contributed by atoms with Crippen LogP contribution < -0.4 is 5.32 Å². The second-order valence-electron chi connectivity index (χ2n) is 7.96. The van der Waals surface area contributed by atoms with Gasteiger partial charge in [0.1, 0.15) is 5.82 Å².